The van der Waals surface area contributed by atoms with Crippen molar-refractivity contribution in [2.75, 3.05) is 0 Å². The average Bonchev–Trinajstić information content (AvgIpc) is 3.67. The van der Waals surface area contributed by atoms with Gasteiger partial charge in [0.1, 0.15) is 5.82 Å². The molecule has 0 unspecified atom stereocenters. The number of fused-ring (bicyclic) bond motifs is 3. The predicted octanol–water partition coefficient (Wildman–Crippen LogP) is 2.81. The van der Waals surface area contributed by atoms with E-state index in [1.807, 2.05) is 53.5 Å². The van der Waals surface area contributed by atoms with Crippen LogP contribution in [-0.4, -0.2) is 32.4 Å². The van der Waals surface area contributed by atoms with Crippen LogP contribution < -0.4 is 20.9 Å². The van der Waals surface area contributed by atoms with E-state index < -0.39 is 8.07 Å². The summed E-state index contributed by atoms with van der Waals surface area (Å²) >= 11 is 0. The van der Waals surface area contributed by atoms with Crippen LogP contribution in [0.4, 0.5) is 0 Å². The molecule has 0 aliphatic carbocycles. The van der Waals surface area contributed by atoms with Gasteiger partial charge in [-0.25, -0.2) is 14.6 Å². The summed E-state index contributed by atoms with van der Waals surface area (Å²) in [6, 6.07) is 34.0. The molecule has 0 N–H and O–H groups in total. The molecule has 1 aliphatic heterocycles. The number of hydrogen-bond donors (Lipinski definition) is 0. The Bertz CT molecular complexity index is 1530. The lowest BCUT2D eigenvalue weighted by Gasteiger charge is -2.27. The summed E-state index contributed by atoms with van der Waals surface area (Å²) in [4.78, 5) is 9.09. The van der Waals surface area contributed by atoms with E-state index in [1.165, 1.54) is 26.7 Å². The first-order chi connectivity index (χ1) is 17.4. The van der Waals surface area contributed by atoms with Crippen molar-refractivity contribution < 1.29 is 0 Å². The summed E-state index contributed by atoms with van der Waals surface area (Å²) in [6.07, 6.45) is 10.0. The highest BCUT2D eigenvalue weighted by Gasteiger charge is 2.50. The Labute approximate surface area is 204 Å². The maximum atomic E-state index is 5.18. The zero-order valence-electron chi connectivity index (χ0n) is 18.9. The maximum Gasteiger partial charge on any atom is 0.207 e. The van der Waals surface area contributed by atoms with Gasteiger partial charge in [0.2, 0.25) is 8.07 Å². The molecule has 6 heteroatoms. The van der Waals surface area contributed by atoms with Crippen LogP contribution >= 0.6 is 0 Å². The van der Waals surface area contributed by atoms with Gasteiger partial charge in [-0.05, 0) is 63.1 Å². The number of benzene rings is 2. The van der Waals surface area contributed by atoms with E-state index in [9.17, 15) is 0 Å². The minimum atomic E-state index is -2.66. The second-order valence-corrected chi connectivity index (χ2v) is 12.3. The van der Waals surface area contributed by atoms with E-state index in [-0.39, 0.29) is 0 Å². The zero-order valence-corrected chi connectivity index (χ0v) is 19.9. The molecule has 5 nitrogen and oxygen atoms in total. The van der Waals surface area contributed by atoms with Crippen LogP contribution in [0, 0.1) is 0 Å². The lowest BCUT2D eigenvalue weighted by atomic mass is 10.1. The first-order valence-corrected chi connectivity index (χ1v) is 13.6. The molecule has 0 atom stereocenters. The fourth-order valence-electron chi connectivity index (χ4n) is 5.38. The van der Waals surface area contributed by atoms with Crippen molar-refractivity contribution in [3.63, 3.8) is 0 Å². The molecule has 7 rings (SSSR count). The van der Waals surface area contributed by atoms with Crippen molar-refractivity contribution >= 4 is 29.0 Å². The molecular formula is C29H21N5Si. The van der Waals surface area contributed by atoms with E-state index in [2.05, 4.69) is 87.6 Å². The van der Waals surface area contributed by atoms with Gasteiger partial charge in [-0.1, -0.05) is 60.7 Å². The Hall–Kier alpha value is -4.55. The van der Waals surface area contributed by atoms with Crippen molar-refractivity contribution in [3.05, 3.63) is 128 Å². The summed E-state index contributed by atoms with van der Waals surface area (Å²) in [5.74, 6) is 1.72. The lowest BCUT2D eigenvalue weighted by Crippen LogP contribution is -2.73. The molecule has 1 aliphatic rings. The third kappa shape index (κ3) is 2.90. The van der Waals surface area contributed by atoms with Gasteiger partial charge in [0, 0.05) is 31.0 Å². The van der Waals surface area contributed by atoms with Crippen molar-refractivity contribution in [1.29, 1.82) is 0 Å². The Morgan fingerprint density at radius 1 is 0.571 bits per heavy atom. The van der Waals surface area contributed by atoms with Crippen LogP contribution in [0.2, 0.25) is 0 Å². The van der Waals surface area contributed by atoms with Crippen LogP contribution in [0.3, 0.4) is 0 Å². The molecule has 35 heavy (non-hydrogen) atoms. The molecule has 0 bridgehead atoms. The Kier molecular flexibility index (Phi) is 4.40. The third-order valence-electron chi connectivity index (χ3n) is 6.85. The lowest BCUT2D eigenvalue weighted by molar-refractivity contribution is 0.855. The topological polar surface area (TPSA) is 48.5 Å². The van der Waals surface area contributed by atoms with Gasteiger partial charge in [0.15, 0.2) is 5.82 Å². The summed E-state index contributed by atoms with van der Waals surface area (Å²) in [7, 11) is -2.66. The quantitative estimate of drug-likeness (QED) is 0.374. The summed E-state index contributed by atoms with van der Waals surface area (Å²) < 4.78 is 4.01. The fourth-order valence-corrected chi connectivity index (χ4v) is 10.3. The molecule has 0 saturated heterocycles. The van der Waals surface area contributed by atoms with E-state index in [0.717, 1.165) is 17.0 Å². The predicted molar refractivity (Wildman–Crippen MR) is 141 cm³/mol. The molecule has 166 valence electrons. The SMILES string of the molecule is c1ccc(-n2ccc([Si]3(c4ccn(-c5ccccn5)n4)c4ccccc4-c4ccccc43)c2)nc1. The van der Waals surface area contributed by atoms with E-state index >= 15 is 0 Å². The monoisotopic (exact) mass is 467 g/mol. The van der Waals surface area contributed by atoms with Gasteiger partial charge in [0.25, 0.3) is 0 Å². The van der Waals surface area contributed by atoms with Gasteiger partial charge >= 0.3 is 0 Å². The molecule has 0 radical (unpaired) electrons. The summed E-state index contributed by atoms with van der Waals surface area (Å²) in [5, 5.41) is 10.3. The number of nitrogens with zero attached hydrogens (tertiary/aromatic N) is 5. The van der Waals surface area contributed by atoms with E-state index in [1.54, 1.807) is 6.20 Å². The highest BCUT2D eigenvalue weighted by atomic mass is 28.3. The van der Waals surface area contributed by atoms with Crippen molar-refractivity contribution in [1.82, 2.24) is 24.3 Å². The number of rotatable bonds is 4. The smallest absolute Gasteiger partial charge is 0.207 e. The first kappa shape index (κ1) is 19.9. The second kappa shape index (κ2) is 7.75. The fraction of sp³-hybridized carbons (Fsp3) is 0. The van der Waals surface area contributed by atoms with Gasteiger partial charge in [-0.3, -0.25) is 0 Å². The normalized spacial score (nSPS) is 13.4. The number of hydrogen-bond acceptors (Lipinski definition) is 3. The molecule has 4 aromatic heterocycles. The summed E-state index contributed by atoms with van der Waals surface area (Å²) in [5.41, 5.74) is 2.60. The Balaban J connectivity index is 1.52. The van der Waals surface area contributed by atoms with Crippen molar-refractivity contribution in [3.8, 4) is 22.8 Å². The molecule has 0 amide bonds. The van der Waals surface area contributed by atoms with Crippen LogP contribution in [-0.2, 0) is 0 Å². The minimum Gasteiger partial charge on any atom is -0.309 e. The standard InChI is InChI=1S/C29H21N5Si/c1-3-11-25-23(9-1)24-10-2-4-12-26(24)35(25,22-15-19-33(21-22)27-13-5-7-17-30-27)29-16-20-34(32-29)28-14-6-8-18-31-28/h1-21H. The number of pyridine rings is 2. The van der Waals surface area contributed by atoms with E-state index in [4.69, 9.17) is 5.10 Å². The van der Waals surface area contributed by atoms with Crippen LogP contribution in [0.1, 0.15) is 0 Å². The first-order valence-electron chi connectivity index (χ1n) is 11.6. The largest absolute Gasteiger partial charge is 0.309 e. The average molecular weight is 468 g/mol. The minimum absolute atomic E-state index is 0.813. The molecule has 0 fully saturated rings. The maximum absolute atomic E-state index is 5.18. The highest BCUT2D eigenvalue weighted by Crippen LogP contribution is 2.28. The van der Waals surface area contributed by atoms with Gasteiger partial charge in [0.05, 0.1) is 5.32 Å². The van der Waals surface area contributed by atoms with Gasteiger partial charge in [-0.2, -0.15) is 5.10 Å². The summed E-state index contributed by atoms with van der Waals surface area (Å²) in [6.45, 7) is 0. The number of aromatic nitrogens is 5. The molecule has 2 aromatic carbocycles. The molecule has 5 heterocycles. The van der Waals surface area contributed by atoms with Crippen LogP contribution in [0.25, 0.3) is 22.8 Å². The Morgan fingerprint density at radius 3 is 1.86 bits per heavy atom. The second-order valence-electron chi connectivity index (χ2n) is 8.67. The molecule has 0 saturated carbocycles. The van der Waals surface area contributed by atoms with Crippen molar-refractivity contribution in [2.24, 2.45) is 0 Å². The molecule has 0 spiro atoms. The van der Waals surface area contributed by atoms with Crippen LogP contribution in [0.15, 0.2) is 128 Å². The third-order valence-corrected chi connectivity index (χ3v) is 11.5. The van der Waals surface area contributed by atoms with Gasteiger partial charge < -0.3 is 4.57 Å². The molecular weight excluding hydrogens is 446 g/mol. The van der Waals surface area contributed by atoms with Crippen LogP contribution in [0.5, 0.6) is 0 Å². The van der Waals surface area contributed by atoms with Crippen molar-refractivity contribution in [2.45, 2.75) is 0 Å². The van der Waals surface area contributed by atoms with Gasteiger partial charge in [-0.15, -0.1) is 0 Å². The molecule has 6 aromatic rings. The zero-order chi connectivity index (χ0) is 23.2. The Morgan fingerprint density at radius 2 is 1.20 bits per heavy atom. The highest BCUT2D eigenvalue weighted by molar-refractivity contribution is 7.21. The van der Waals surface area contributed by atoms with E-state index in [0.29, 0.717) is 0 Å².